The number of hydrogen-bond acceptors (Lipinski definition) is 4. The van der Waals surface area contributed by atoms with E-state index in [0.717, 1.165) is 28.2 Å². The van der Waals surface area contributed by atoms with Crippen molar-refractivity contribution in [3.05, 3.63) is 69.9 Å². The molecule has 0 spiro atoms. The standard InChI is InChI=1S/C20H25N3O3Si/c1-27(2,3)12-11-26-15-22-20-10-9-17(23(24)25)14-18(20)19(21-22)13-16-7-5-4-6-8-16/h4-10,14H,11-13,15H2,1-3H3. The molecule has 27 heavy (non-hydrogen) atoms. The number of nitro benzene ring substituents is 1. The second-order valence-corrected chi connectivity index (χ2v) is 13.5. The van der Waals surface area contributed by atoms with Crippen molar-refractivity contribution in [2.45, 2.75) is 38.8 Å². The van der Waals surface area contributed by atoms with E-state index >= 15 is 0 Å². The highest BCUT2D eigenvalue weighted by Crippen LogP contribution is 2.26. The van der Waals surface area contributed by atoms with Crippen molar-refractivity contribution in [1.29, 1.82) is 0 Å². The molecule has 1 heterocycles. The molecule has 0 N–H and O–H groups in total. The van der Waals surface area contributed by atoms with E-state index < -0.39 is 8.07 Å². The fourth-order valence-corrected chi connectivity index (χ4v) is 3.65. The molecule has 0 saturated carbocycles. The summed E-state index contributed by atoms with van der Waals surface area (Å²) in [4.78, 5) is 10.8. The Morgan fingerprint density at radius 3 is 2.56 bits per heavy atom. The van der Waals surface area contributed by atoms with Crippen LogP contribution >= 0.6 is 0 Å². The summed E-state index contributed by atoms with van der Waals surface area (Å²) >= 11 is 0. The maximum Gasteiger partial charge on any atom is 0.270 e. The molecule has 0 atom stereocenters. The Bertz CT molecular complexity index is 933. The molecule has 7 heteroatoms. The Balaban J connectivity index is 1.88. The molecule has 0 aliphatic heterocycles. The van der Waals surface area contributed by atoms with Gasteiger partial charge in [0.05, 0.1) is 16.1 Å². The summed E-state index contributed by atoms with van der Waals surface area (Å²) in [6.45, 7) is 8.01. The lowest BCUT2D eigenvalue weighted by Gasteiger charge is -2.15. The molecular formula is C20H25N3O3Si. The van der Waals surface area contributed by atoms with Crippen LogP contribution in [0.15, 0.2) is 48.5 Å². The number of fused-ring (bicyclic) bond motifs is 1. The molecule has 2 aromatic carbocycles. The van der Waals surface area contributed by atoms with E-state index in [0.29, 0.717) is 19.8 Å². The average Bonchev–Trinajstić information content (AvgIpc) is 2.96. The Kier molecular flexibility index (Phi) is 5.72. The van der Waals surface area contributed by atoms with Crippen LogP contribution < -0.4 is 0 Å². The minimum atomic E-state index is -1.14. The van der Waals surface area contributed by atoms with E-state index in [1.54, 1.807) is 12.1 Å². The van der Waals surface area contributed by atoms with Gasteiger partial charge in [-0.25, -0.2) is 4.68 Å². The van der Waals surface area contributed by atoms with Gasteiger partial charge in [0.25, 0.3) is 5.69 Å². The SMILES string of the molecule is C[Si](C)(C)CCOCn1nc(Cc2ccccc2)c2cc([N+](=O)[O-])ccc21. The van der Waals surface area contributed by atoms with Crippen LogP contribution in [-0.4, -0.2) is 29.4 Å². The van der Waals surface area contributed by atoms with Gasteiger partial charge in [-0.05, 0) is 17.7 Å². The number of rotatable bonds is 8. The fraction of sp³-hybridized carbons (Fsp3) is 0.350. The number of benzene rings is 2. The van der Waals surface area contributed by atoms with Gasteiger partial charge in [0.1, 0.15) is 6.73 Å². The van der Waals surface area contributed by atoms with E-state index in [2.05, 4.69) is 19.6 Å². The molecule has 142 valence electrons. The normalized spacial score (nSPS) is 11.8. The molecular weight excluding hydrogens is 358 g/mol. The topological polar surface area (TPSA) is 70.2 Å². The van der Waals surface area contributed by atoms with E-state index in [1.807, 2.05) is 35.0 Å². The summed E-state index contributed by atoms with van der Waals surface area (Å²) in [6, 6.07) is 16.0. The van der Waals surface area contributed by atoms with E-state index in [9.17, 15) is 10.1 Å². The Hall–Kier alpha value is -2.51. The minimum Gasteiger partial charge on any atom is -0.360 e. The Morgan fingerprint density at radius 2 is 1.89 bits per heavy atom. The first-order chi connectivity index (χ1) is 12.8. The van der Waals surface area contributed by atoms with Crippen molar-refractivity contribution in [1.82, 2.24) is 9.78 Å². The molecule has 0 radical (unpaired) electrons. The van der Waals surface area contributed by atoms with Gasteiger partial charge >= 0.3 is 0 Å². The number of hydrogen-bond donors (Lipinski definition) is 0. The third-order valence-corrected chi connectivity index (χ3v) is 6.15. The van der Waals surface area contributed by atoms with Crippen LogP contribution in [0.3, 0.4) is 0 Å². The fourth-order valence-electron chi connectivity index (χ4n) is 2.89. The third kappa shape index (κ3) is 5.02. The maximum absolute atomic E-state index is 11.2. The van der Waals surface area contributed by atoms with Gasteiger partial charge in [0.15, 0.2) is 0 Å². The van der Waals surface area contributed by atoms with Crippen LogP contribution in [0.4, 0.5) is 5.69 Å². The predicted octanol–water partition coefficient (Wildman–Crippen LogP) is 4.85. The lowest BCUT2D eigenvalue weighted by Crippen LogP contribution is -2.22. The van der Waals surface area contributed by atoms with Crippen LogP contribution in [0.1, 0.15) is 11.3 Å². The molecule has 0 aliphatic carbocycles. The highest BCUT2D eigenvalue weighted by Gasteiger charge is 2.16. The first-order valence-corrected chi connectivity index (χ1v) is 12.8. The molecule has 3 rings (SSSR count). The van der Waals surface area contributed by atoms with Gasteiger partial charge in [-0.15, -0.1) is 0 Å². The van der Waals surface area contributed by atoms with Crippen LogP contribution in [0, 0.1) is 10.1 Å². The molecule has 0 fully saturated rings. The molecule has 1 aromatic heterocycles. The quantitative estimate of drug-likeness (QED) is 0.241. The lowest BCUT2D eigenvalue weighted by molar-refractivity contribution is -0.384. The highest BCUT2D eigenvalue weighted by molar-refractivity contribution is 6.76. The van der Waals surface area contributed by atoms with E-state index in [4.69, 9.17) is 9.84 Å². The second kappa shape index (κ2) is 8.02. The smallest absolute Gasteiger partial charge is 0.270 e. The minimum absolute atomic E-state index is 0.0796. The van der Waals surface area contributed by atoms with Crippen LogP contribution in [0.2, 0.25) is 25.7 Å². The molecule has 6 nitrogen and oxygen atoms in total. The summed E-state index contributed by atoms with van der Waals surface area (Å²) in [5.41, 5.74) is 2.89. The van der Waals surface area contributed by atoms with E-state index in [1.165, 1.54) is 6.07 Å². The second-order valence-electron chi connectivity index (χ2n) is 7.92. The van der Waals surface area contributed by atoms with Crippen molar-refractivity contribution < 1.29 is 9.66 Å². The third-order valence-electron chi connectivity index (χ3n) is 4.45. The summed E-state index contributed by atoms with van der Waals surface area (Å²) in [5, 5.41) is 16.7. The number of ether oxygens (including phenoxy) is 1. The van der Waals surface area contributed by atoms with Crippen molar-refractivity contribution in [2.24, 2.45) is 0 Å². The molecule has 0 unspecified atom stereocenters. The van der Waals surface area contributed by atoms with Gasteiger partial charge in [-0.3, -0.25) is 10.1 Å². The molecule has 0 aliphatic rings. The van der Waals surface area contributed by atoms with Gasteiger partial charge in [0, 0.05) is 38.6 Å². The largest absolute Gasteiger partial charge is 0.360 e. The Labute approximate surface area is 159 Å². The molecule has 0 amide bonds. The van der Waals surface area contributed by atoms with Gasteiger partial charge in [-0.1, -0.05) is 50.0 Å². The first kappa shape index (κ1) is 19.3. The van der Waals surface area contributed by atoms with Crippen LogP contribution in [-0.2, 0) is 17.9 Å². The zero-order chi connectivity index (χ0) is 19.4. The predicted molar refractivity (Wildman–Crippen MR) is 110 cm³/mol. The molecule has 0 bridgehead atoms. The number of nitro groups is 1. The number of non-ortho nitro benzene ring substituents is 1. The summed E-state index contributed by atoms with van der Waals surface area (Å²) in [6.07, 6.45) is 0.625. The zero-order valence-electron chi connectivity index (χ0n) is 16.0. The van der Waals surface area contributed by atoms with Crippen molar-refractivity contribution in [2.75, 3.05) is 6.61 Å². The van der Waals surface area contributed by atoms with Gasteiger partial charge < -0.3 is 4.74 Å². The van der Waals surface area contributed by atoms with Crippen molar-refractivity contribution in [3.8, 4) is 0 Å². The number of nitrogens with zero attached hydrogens (tertiary/aromatic N) is 3. The lowest BCUT2D eigenvalue weighted by atomic mass is 10.1. The van der Waals surface area contributed by atoms with Crippen molar-refractivity contribution >= 4 is 24.7 Å². The van der Waals surface area contributed by atoms with Gasteiger partial charge in [0.2, 0.25) is 0 Å². The van der Waals surface area contributed by atoms with E-state index in [-0.39, 0.29) is 10.6 Å². The summed E-state index contributed by atoms with van der Waals surface area (Å²) < 4.78 is 7.65. The summed E-state index contributed by atoms with van der Waals surface area (Å²) in [7, 11) is -1.14. The van der Waals surface area contributed by atoms with Crippen LogP contribution in [0.5, 0.6) is 0 Å². The summed E-state index contributed by atoms with van der Waals surface area (Å²) in [5.74, 6) is 0. The average molecular weight is 384 g/mol. The Morgan fingerprint density at radius 1 is 1.15 bits per heavy atom. The van der Waals surface area contributed by atoms with Crippen LogP contribution in [0.25, 0.3) is 10.9 Å². The molecule has 0 saturated heterocycles. The van der Waals surface area contributed by atoms with Crippen molar-refractivity contribution in [3.63, 3.8) is 0 Å². The monoisotopic (exact) mass is 383 g/mol. The first-order valence-electron chi connectivity index (χ1n) is 9.09. The van der Waals surface area contributed by atoms with Gasteiger partial charge in [-0.2, -0.15) is 5.10 Å². The highest BCUT2D eigenvalue weighted by atomic mass is 28.3. The maximum atomic E-state index is 11.2. The number of aromatic nitrogens is 2. The zero-order valence-corrected chi connectivity index (χ0v) is 17.0. The molecule has 3 aromatic rings.